The van der Waals surface area contributed by atoms with Crippen molar-refractivity contribution < 1.29 is 4.79 Å². The van der Waals surface area contributed by atoms with Gasteiger partial charge >= 0.3 is 6.03 Å². The number of hydrogen-bond acceptors (Lipinski definition) is 4. The molecule has 0 aromatic carbocycles. The second kappa shape index (κ2) is 6.43. The molecule has 0 unspecified atom stereocenters. The molecule has 2 aliphatic rings. The van der Waals surface area contributed by atoms with Crippen molar-refractivity contribution in [3.8, 4) is 0 Å². The minimum absolute atomic E-state index is 0.0380. The first kappa shape index (κ1) is 14.3. The second-order valence-corrected chi connectivity index (χ2v) is 6.03. The predicted molar refractivity (Wildman–Crippen MR) is 78.8 cm³/mol. The molecule has 7 heteroatoms. The monoisotopic (exact) mass is 292 g/mol. The van der Waals surface area contributed by atoms with Gasteiger partial charge < -0.3 is 10.2 Å². The van der Waals surface area contributed by atoms with E-state index in [9.17, 15) is 4.79 Å². The summed E-state index contributed by atoms with van der Waals surface area (Å²) in [5.41, 5.74) is 0. The van der Waals surface area contributed by atoms with Crippen molar-refractivity contribution in [3.63, 3.8) is 0 Å². The number of hydrogen-bond donors (Lipinski definition) is 1. The van der Waals surface area contributed by atoms with Gasteiger partial charge in [-0.15, -0.1) is 0 Å². The number of nitrogens with one attached hydrogen (secondary N) is 1. The number of piperidine rings is 1. The van der Waals surface area contributed by atoms with Crippen LogP contribution >= 0.6 is 0 Å². The first-order valence-electron chi connectivity index (χ1n) is 7.85. The van der Waals surface area contributed by atoms with Crippen LogP contribution in [0.4, 0.5) is 4.79 Å². The highest BCUT2D eigenvalue weighted by Crippen LogP contribution is 2.24. The van der Waals surface area contributed by atoms with Gasteiger partial charge in [-0.1, -0.05) is 6.42 Å². The van der Waals surface area contributed by atoms with Gasteiger partial charge in [0.1, 0.15) is 12.7 Å². The van der Waals surface area contributed by atoms with Crippen LogP contribution in [0.3, 0.4) is 0 Å². The molecule has 7 nitrogen and oxygen atoms in total. The minimum atomic E-state index is 0.0380. The molecular formula is C14H24N6O. The predicted octanol–water partition coefficient (Wildman–Crippen LogP) is 0.546. The lowest BCUT2D eigenvalue weighted by atomic mass is 9.98. The number of nitrogens with zero attached hydrogens (tertiary/aromatic N) is 5. The molecule has 0 spiro atoms. The molecule has 0 bridgehead atoms. The zero-order valence-corrected chi connectivity index (χ0v) is 12.6. The van der Waals surface area contributed by atoms with Crippen LogP contribution in [0.25, 0.3) is 0 Å². The first-order valence-corrected chi connectivity index (χ1v) is 7.85. The third-order valence-corrected chi connectivity index (χ3v) is 4.56. The van der Waals surface area contributed by atoms with Gasteiger partial charge in [-0.05, 0) is 26.3 Å². The highest BCUT2D eigenvalue weighted by atomic mass is 16.2. The van der Waals surface area contributed by atoms with Crippen LogP contribution in [0.1, 0.15) is 26.2 Å². The summed E-state index contributed by atoms with van der Waals surface area (Å²) in [5, 5.41) is 6.95. The van der Waals surface area contributed by atoms with Crippen molar-refractivity contribution in [2.75, 3.05) is 26.2 Å². The number of likely N-dealkylation sites (tertiary alicyclic amines) is 2. The highest BCUT2D eigenvalue weighted by molar-refractivity contribution is 5.75. The lowest BCUT2D eigenvalue weighted by molar-refractivity contribution is 0.0169. The van der Waals surface area contributed by atoms with E-state index >= 15 is 0 Å². The Morgan fingerprint density at radius 2 is 2.24 bits per heavy atom. The summed E-state index contributed by atoms with van der Waals surface area (Å²) in [7, 11) is 0. The Hall–Kier alpha value is -1.63. The maximum atomic E-state index is 12.0. The molecule has 116 valence electrons. The van der Waals surface area contributed by atoms with E-state index in [1.807, 2.05) is 4.90 Å². The van der Waals surface area contributed by atoms with Crippen molar-refractivity contribution in [1.82, 2.24) is 29.9 Å². The third kappa shape index (κ3) is 3.34. The molecule has 0 radical (unpaired) electrons. The molecule has 3 rings (SSSR count). The standard InChI is InChI=1S/C14H24N6O/c1-12-4-2-3-6-20(12)13-8-18(9-13)14(21)16-5-7-19-11-15-10-17-19/h10-13H,2-9H2,1H3,(H,16,21)/t12-/m1/s1. The van der Waals surface area contributed by atoms with Crippen molar-refractivity contribution in [1.29, 1.82) is 0 Å². The molecule has 1 aromatic heterocycles. The maximum absolute atomic E-state index is 12.0. The van der Waals surface area contributed by atoms with Crippen LogP contribution in [-0.2, 0) is 6.54 Å². The Morgan fingerprint density at radius 1 is 1.38 bits per heavy atom. The van der Waals surface area contributed by atoms with E-state index in [0.29, 0.717) is 25.2 Å². The van der Waals surface area contributed by atoms with Gasteiger partial charge in [0.05, 0.1) is 6.54 Å². The molecule has 3 heterocycles. The molecule has 0 saturated carbocycles. The number of carbonyl (C=O) groups excluding carboxylic acids is 1. The van der Waals surface area contributed by atoms with E-state index in [1.54, 1.807) is 11.0 Å². The number of rotatable bonds is 4. The van der Waals surface area contributed by atoms with Gasteiger partial charge in [0, 0.05) is 31.7 Å². The largest absolute Gasteiger partial charge is 0.336 e. The fourth-order valence-corrected chi connectivity index (χ4v) is 3.23. The summed E-state index contributed by atoms with van der Waals surface area (Å²) < 4.78 is 1.72. The van der Waals surface area contributed by atoms with E-state index in [-0.39, 0.29) is 6.03 Å². The lowest BCUT2D eigenvalue weighted by Crippen LogP contribution is -2.65. The Balaban J connectivity index is 1.36. The number of carbonyl (C=O) groups is 1. The summed E-state index contributed by atoms with van der Waals surface area (Å²) in [4.78, 5) is 20.4. The zero-order chi connectivity index (χ0) is 14.7. The summed E-state index contributed by atoms with van der Waals surface area (Å²) >= 11 is 0. The Labute approximate surface area is 125 Å². The molecule has 2 saturated heterocycles. The SMILES string of the molecule is C[C@@H]1CCCCN1C1CN(C(=O)NCCn2cncn2)C1. The molecule has 1 aromatic rings. The van der Waals surface area contributed by atoms with E-state index < -0.39 is 0 Å². The van der Waals surface area contributed by atoms with Gasteiger partial charge in [-0.2, -0.15) is 5.10 Å². The Morgan fingerprint density at radius 3 is 2.95 bits per heavy atom. The molecule has 2 fully saturated rings. The van der Waals surface area contributed by atoms with E-state index in [2.05, 4.69) is 27.2 Å². The minimum Gasteiger partial charge on any atom is -0.336 e. The number of aromatic nitrogens is 3. The topological polar surface area (TPSA) is 66.3 Å². The van der Waals surface area contributed by atoms with Crippen LogP contribution < -0.4 is 5.32 Å². The highest BCUT2D eigenvalue weighted by Gasteiger charge is 2.37. The van der Waals surface area contributed by atoms with E-state index in [1.165, 1.54) is 32.1 Å². The molecule has 2 aliphatic heterocycles. The van der Waals surface area contributed by atoms with Gasteiger partial charge in [0.25, 0.3) is 0 Å². The van der Waals surface area contributed by atoms with Gasteiger partial charge in [0.2, 0.25) is 0 Å². The Kier molecular flexibility index (Phi) is 4.38. The van der Waals surface area contributed by atoms with Crippen LogP contribution in [0.2, 0.25) is 0 Å². The molecule has 1 N–H and O–H groups in total. The smallest absolute Gasteiger partial charge is 0.317 e. The van der Waals surface area contributed by atoms with Gasteiger partial charge in [-0.25, -0.2) is 9.78 Å². The Bertz CT molecular complexity index is 456. The van der Waals surface area contributed by atoms with Crippen molar-refractivity contribution >= 4 is 6.03 Å². The molecule has 1 atom stereocenters. The molecule has 0 aliphatic carbocycles. The summed E-state index contributed by atoms with van der Waals surface area (Å²) in [6.45, 7) is 6.46. The van der Waals surface area contributed by atoms with Crippen molar-refractivity contribution in [3.05, 3.63) is 12.7 Å². The molecule has 21 heavy (non-hydrogen) atoms. The quantitative estimate of drug-likeness (QED) is 0.880. The van der Waals surface area contributed by atoms with E-state index in [4.69, 9.17) is 0 Å². The summed E-state index contributed by atoms with van der Waals surface area (Å²) in [6.07, 6.45) is 7.09. The van der Waals surface area contributed by atoms with Crippen molar-refractivity contribution in [2.45, 2.75) is 44.8 Å². The fraction of sp³-hybridized carbons (Fsp3) is 0.786. The van der Waals surface area contributed by atoms with Crippen LogP contribution in [-0.4, -0.2) is 68.9 Å². The fourth-order valence-electron chi connectivity index (χ4n) is 3.23. The zero-order valence-electron chi connectivity index (χ0n) is 12.6. The van der Waals surface area contributed by atoms with E-state index in [0.717, 1.165) is 13.1 Å². The average Bonchev–Trinajstić information content (AvgIpc) is 2.92. The van der Waals surface area contributed by atoms with Gasteiger partial charge in [0.15, 0.2) is 0 Å². The number of amides is 2. The lowest BCUT2D eigenvalue weighted by Gasteiger charge is -2.49. The number of urea groups is 1. The normalized spacial score (nSPS) is 23.9. The van der Waals surface area contributed by atoms with Crippen molar-refractivity contribution in [2.24, 2.45) is 0 Å². The average molecular weight is 292 g/mol. The maximum Gasteiger partial charge on any atom is 0.317 e. The summed E-state index contributed by atoms with van der Waals surface area (Å²) in [5.74, 6) is 0. The molecule has 2 amide bonds. The van der Waals surface area contributed by atoms with Crippen LogP contribution in [0, 0.1) is 0 Å². The molecular weight excluding hydrogens is 268 g/mol. The van der Waals surface area contributed by atoms with Gasteiger partial charge in [-0.3, -0.25) is 9.58 Å². The second-order valence-electron chi connectivity index (χ2n) is 6.03. The van der Waals surface area contributed by atoms with Crippen LogP contribution in [0.15, 0.2) is 12.7 Å². The third-order valence-electron chi connectivity index (χ3n) is 4.56. The summed E-state index contributed by atoms with van der Waals surface area (Å²) in [6, 6.07) is 1.26. The first-order chi connectivity index (χ1) is 10.2. The van der Waals surface area contributed by atoms with Crippen LogP contribution in [0.5, 0.6) is 0 Å².